The molecule has 9 heteroatoms. The van der Waals surface area contributed by atoms with E-state index in [1.54, 1.807) is 0 Å². The molecule has 0 N–H and O–H groups in total. The third-order valence-electron chi connectivity index (χ3n) is 3.78. The minimum atomic E-state index is -0.497. The first kappa shape index (κ1) is 17.6. The topological polar surface area (TPSA) is 91.2 Å². The number of nitro groups is 1. The number of nitro benzene ring substituents is 1. The van der Waals surface area contributed by atoms with Gasteiger partial charge in [0.15, 0.2) is 11.5 Å². The first-order valence-corrected chi connectivity index (χ1v) is 8.39. The van der Waals surface area contributed by atoms with Crippen molar-refractivity contribution in [2.24, 2.45) is 17.3 Å². The van der Waals surface area contributed by atoms with Crippen LogP contribution in [0.15, 0.2) is 46.6 Å². The van der Waals surface area contributed by atoms with E-state index < -0.39 is 4.92 Å². The fourth-order valence-electron chi connectivity index (χ4n) is 2.46. The van der Waals surface area contributed by atoms with Crippen molar-refractivity contribution in [2.75, 3.05) is 14.2 Å². The van der Waals surface area contributed by atoms with Gasteiger partial charge >= 0.3 is 0 Å². The summed E-state index contributed by atoms with van der Waals surface area (Å²) in [6, 6.07) is 10.7. The van der Waals surface area contributed by atoms with Crippen LogP contribution in [0, 0.1) is 10.1 Å². The molecule has 0 saturated carbocycles. The summed E-state index contributed by atoms with van der Waals surface area (Å²) in [5.74, 6) is 0.663. The van der Waals surface area contributed by atoms with E-state index in [9.17, 15) is 10.1 Å². The van der Waals surface area contributed by atoms with Crippen LogP contribution >= 0.6 is 11.3 Å². The summed E-state index contributed by atoms with van der Waals surface area (Å²) in [7, 11) is 4.78. The maximum atomic E-state index is 11.3. The van der Waals surface area contributed by atoms with Crippen LogP contribution in [0.4, 0.5) is 5.69 Å². The number of para-hydroxylation sites is 1. The number of benzene rings is 2. The van der Waals surface area contributed by atoms with Crippen LogP contribution in [-0.2, 0) is 7.05 Å². The number of rotatable bonds is 5. The minimum Gasteiger partial charge on any atom is -0.493 e. The molecule has 0 atom stereocenters. The van der Waals surface area contributed by atoms with Gasteiger partial charge in [0.1, 0.15) is 0 Å². The Morgan fingerprint density at radius 2 is 1.88 bits per heavy atom. The van der Waals surface area contributed by atoms with Gasteiger partial charge in [0.05, 0.1) is 47.2 Å². The molecule has 3 rings (SSSR count). The van der Waals surface area contributed by atoms with E-state index in [2.05, 4.69) is 10.2 Å². The zero-order valence-corrected chi connectivity index (χ0v) is 15.2. The average Bonchev–Trinajstić information content (AvgIpc) is 2.97. The van der Waals surface area contributed by atoms with E-state index in [0.717, 1.165) is 10.2 Å². The normalized spacial score (nSPS) is 12.0. The number of hydrogen-bond acceptors (Lipinski definition) is 7. The van der Waals surface area contributed by atoms with Crippen LogP contribution < -0.4 is 14.3 Å². The van der Waals surface area contributed by atoms with E-state index in [1.165, 1.54) is 43.9 Å². The van der Waals surface area contributed by atoms with Gasteiger partial charge in [-0.2, -0.15) is 5.10 Å². The highest BCUT2D eigenvalue weighted by molar-refractivity contribution is 7.16. The highest BCUT2D eigenvalue weighted by atomic mass is 32.1. The van der Waals surface area contributed by atoms with Crippen molar-refractivity contribution < 1.29 is 14.4 Å². The van der Waals surface area contributed by atoms with Gasteiger partial charge in [-0.15, -0.1) is 5.10 Å². The van der Waals surface area contributed by atoms with Gasteiger partial charge in [0.2, 0.25) is 4.80 Å². The molecule has 1 heterocycles. The maximum absolute atomic E-state index is 11.3. The number of thiazole rings is 1. The molecule has 0 spiro atoms. The highest BCUT2D eigenvalue weighted by Gasteiger charge is 2.18. The zero-order chi connectivity index (χ0) is 18.7. The lowest BCUT2D eigenvalue weighted by molar-refractivity contribution is -0.385. The summed E-state index contributed by atoms with van der Waals surface area (Å²) < 4.78 is 13.3. The lowest BCUT2D eigenvalue weighted by Crippen LogP contribution is -2.09. The number of methoxy groups -OCH3 is 2. The fraction of sp³-hybridized carbons (Fsp3) is 0.176. The van der Waals surface area contributed by atoms with Crippen molar-refractivity contribution in [3.63, 3.8) is 0 Å². The second-order valence-corrected chi connectivity index (χ2v) is 6.29. The summed E-state index contributed by atoms with van der Waals surface area (Å²) in [6.45, 7) is 0. The number of ether oxygens (including phenoxy) is 2. The molecular weight excluding hydrogens is 356 g/mol. The molecule has 0 aliphatic heterocycles. The highest BCUT2D eigenvalue weighted by Crippen LogP contribution is 2.33. The molecule has 0 fully saturated rings. The van der Waals surface area contributed by atoms with Crippen molar-refractivity contribution in [1.29, 1.82) is 0 Å². The van der Waals surface area contributed by atoms with E-state index in [-0.39, 0.29) is 17.0 Å². The van der Waals surface area contributed by atoms with E-state index in [1.807, 2.05) is 35.9 Å². The number of nitrogens with zero attached hydrogens (tertiary/aromatic N) is 4. The van der Waals surface area contributed by atoms with Gasteiger partial charge < -0.3 is 14.0 Å². The van der Waals surface area contributed by atoms with Crippen molar-refractivity contribution in [3.8, 4) is 11.5 Å². The molecule has 0 unspecified atom stereocenters. The number of aromatic nitrogens is 1. The molecule has 0 bridgehead atoms. The molecule has 0 aliphatic rings. The molecule has 0 amide bonds. The molecule has 0 radical (unpaired) electrons. The van der Waals surface area contributed by atoms with Crippen molar-refractivity contribution >= 4 is 33.5 Å². The van der Waals surface area contributed by atoms with Crippen LogP contribution in [0.1, 0.15) is 5.56 Å². The lowest BCUT2D eigenvalue weighted by atomic mass is 10.1. The van der Waals surface area contributed by atoms with Gasteiger partial charge in [-0.3, -0.25) is 10.1 Å². The predicted molar refractivity (Wildman–Crippen MR) is 100 cm³/mol. The van der Waals surface area contributed by atoms with Crippen LogP contribution in [0.2, 0.25) is 0 Å². The Kier molecular flexibility index (Phi) is 4.99. The van der Waals surface area contributed by atoms with E-state index >= 15 is 0 Å². The Bertz CT molecular complexity index is 1070. The minimum absolute atomic E-state index is 0.137. The molecule has 8 nitrogen and oxygen atoms in total. The van der Waals surface area contributed by atoms with Gasteiger partial charge in [0.25, 0.3) is 5.69 Å². The van der Waals surface area contributed by atoms with Gasteiger partial charge in [-0.1, -0.05) is 23.5 Å². The van der Waals surface area contributed by atoms with Gasteiger partial charge in [0, 0.05) is 7.05 Å². The third-order valence-corrected chi connectivity index (χ3v) is 4.89. The van der Waals surface area contributed by atoms with Crippen LogP contribution in [-0.4, -0.2) is 29.9 Å². The number of aryl methyl sites for hydroxylation is 1. The van der Waals surface area contributed by atoms with E-state index in [0.29, 0.717) is 10.6 Å². The monoisotopic (exact) mass is 372 g/mol. The molecule has 134 valence electrons. The maximum Gasteiger partial charge on any atom is 0.282 e. The summed E-state index contributed by atoms with van der Waals surface area (Å²) in [5, 5.41) is 19.5. The molecular formula is C17H16N4O4S. The Balaban J connectivity index is 2.04. The first-order valence-electron chi connectivity index (χ1n) is 7.57. The smallest absolute Gasteiger partial charge is 0.282 e. The van der Waals surface area contributed by atoms with Crippen molar-refractivity contribution in [1.82, 2.24) is 4.57 Å². The largest absolute Gasteiger partial charge is 0.493 e. The number of hydrogen-bond donors (Lipinski definition) is 0. The average molecular weight is 372 g/mol. The molecule has 1 aromatic heterocycles. The zero-order valence-electron chi connectivity index (χ0n) is 14.4. The molecule has 0 saturated heterocycles. The second kappa shape index (κ2) is 7.36. The van der Waals surface area contributed by atoms with Crippen molar-refractivity contribution in [3.05, 3.63) is 56.9 Å². The predicted octanol–water partition coefficient (Wildman–Crippen LogP) is 3.10. The molecule has 3 aromatic rings. The first-order chi connectivity index (χ1) is 12.5. The quantitative estimate of drug-likeness (QED) is 0.391. The standard InChI is InChI=1S/C17H16N4O4S/c1-20-12-6-4-5-7-16(12)26-17(20)19-18-10-11-8-14(24-2)15(25-3)9-13(11)21(22)23/h4-10H,1-3H3/b18-10-,19-17+. The SMILES string of the molecule is COc1cc(/C=N\N=c2\sc3ccccc3n2C)c([N+](=O)[O-])cc1OC. The van der Waals surface area contributed by atoms with Gasteiger partial charge in [-0.05, 0) is 18.2 Å². The van der Waals surface area contributed by atoms with Crippen LogP contribution in [0.5, 0.6) is 11.5 Å². The number of fused-ring (bicyclic) bond motifs is 1. The molecule has 0 aliphatic carbocycles. The molecule has 26 heavy (non-hydrogen) atoms. The summed E-state index contributed by atoms with van der Waals surface area (Å²) in [4.78, 5) is 11.5. The summed E-state index contributed by atoms with van der Waals surface area (Å²) >= 11 is 1.49. The summed E-state index contributed by atoms with van der Waals surface area (Å²) in [5.41, 5.74) is 1.19. The molecule has 2 aromatic carbocycles. The van der Waals surface area contributed by atoms with E-state index in [4.69, 9.17) is 9.47 Å². The second-order valence-electron chi connectivity index (χ2n) is 5.28. The summed E-state index contributed by atoms with van der Waals surface area (Å²) in [6.07, 6.45) is 1.34. The van der Waals surface area contributed by atoms with Crippen molar-refractivity contribution in [2.45, 2.75) is 0 Å². The fourth-order valence-corrected chi connectivity index (χ4v) is 3.44. The van der Waals surface area contributed by atoms with Gasteiger partial charge in [-0.25, -0.2) is 0 Å². The Labute approximate surface area is 152 Å². The Morgan fingerprint density at radius 1 is 1.19 bits per heavy atom. The Morgan fingerprint density at radius 3 is 2.54 bits per heavy atom. The Hall–Kier alpha value is -3.20. The van der Waals surface area contributed by atoms with Crippen LogP contribution in [0.25, 0.3) is 10.2 Å². The third kappa shape index (κ3) is 3.29. The van der Waals surface area contributed by atoms with Crippen LogP contribution in [0.3, 0.4) is 0 Å². The lowest BCUT2D eigenvalue weighted by Gasteiger charge is -2.08.